The SMILES string of the molecule is Brc1ccc2c(c1)C=Cc1ccccc1C21c2ccccc2-c2cc3oc4ccccc4c3cc21. The maximum Gasteiger partial charge on any atom is 0.136 e. The molecule has 6 aromatic rings. The summed E-state index contributed by atoms with van der Waals surface area (Å²) >= 11 is 3.72. The van der Waals surface area contributed by atoms with Crippen molar-refractivity contribution in [2.45, 2.75) is 5.41 Å². The van der Waals surface area contributed by atoms with E-state index in [1.807, 2.05) is 6.07 Å². The Hall–Kier alpha value is -3.88. The molecular weight excluding hydrogens is 492 g/mol. The Labute approximate surface area is 211 Å². The molecule has 0 saturated heterocycles. The predicted molar refractivity (Wildman–Crippen MR) is 148 cm³/mol. The fraction of sp³-hybridized carbons (Fsp3) is 0.0303. The van der Waals surface area contributed by atoms with Crippen LogP contribution in [0.5, 0.6) is 0 Å². The van der Waals surface area contributed by atoms with Gasteiger partial charge in [0.15, 0.2) is 0 Å². The van der Waals surface area contributed by atoms with Crippen LogP contribution in [0.3, 0.4) is 0 Å². The highest BCUT2D eigenvalue weighted by molar-refractivity contribution is 9.10. The zero-order valence-corrected chi connectivity index (χ0v) is 20.3. The van der Waals surface area contributed by atoms with Crippen molar-refractivity contribution in [1.29, 1.82) is 0 Å². The standard InChI is InChI=1S/C33H19BrO/c34-22-15-16-28-21(17-22)14-13-20-7-1-4-10-27(20)33(28)29-11-5-2-8-23(29)25-19-32-26(18-30(25)33)24-9-3-6-12-31(24)35-32/h1-19H. The summed E-state index contributed by atoms with van der Waals surface area (Å²) in [4.78, 5) is 0. The minimum absolute atomic E-state index is 0.422. The van der Waals surface area contributed by atoms with Gasteiger partial charge in [0.2, 0.25) is 0 Å². The van der Waals surface area contributed by atoms with E-state index >= 15 is 0 Å². The number of furan rings is 1. The summed E-state index contributed by atoms with van der Waals surface area (Å²) < 4.78 is 7.42. The van der Waals surface area contributed by atoms with E-state index in [1.54, 1.807) is 0 Å². The summed E-state index contributed by atoms with van der Waals surface area (Å²) in [6.45, 7) is 0. The van der Waals surface area contributed by atoms with Gasteiger partial charge in [0.05, 0.1) is 5.41 Å². The van der Waals surface area contributed by atoms with Crippen LogP contribution in [-0.4, -0.2) is 0 Å². The van der Waals surface area contributed by atoms with Gasteiger partial charge >= 0.3 is 0 Å². The highest BCUT2D eigenvalue weighted by Gasteiger charge is 2.48. The summed E-state index contributed by atoms with van der Waals surface area (Å²) in [5, 5.41) is 2.33. The molecular formula is C33H19BrO. The van der Waals surface area contributed by atoms with Gasteiger partial charge in [0, 0.05) is 15.2 Å². The molecule has 2 heteroatoms. The van der Waals surface area contributed by atoms with Gasteiger partial charge in [-0.15, -0.1) is 0 Å². The Morgan fingerprint density at radius 2 is 1.26 bits per heavy atom. The van der Waals surface area contributed by atoms with Crippen molar-refractivity contribution < 1.29 is 4.42 Å². The normalized spacial score (nSPS) is 17.3. The van der Waals surface area contributed by atoms with Gasteiger partial charge in [0.25, 0.3) is 0 Å². The van der Waals surface area contributed by atoms with E-state index in [4.69, 9.17) is 4.42 Å². The van der Waals surface area contributed by atoms with Crippen molar-refractivity contribution in [2.24, 2.45) is 0 Å². The van der Waals surface area contributed by atoms with Crippen molar-refractivity contribution in [3.8, 4) is 11.1 Å². The van der Waals surface area contributed by atoms with Crippen molar-refractivity contribution in [3.63, 3.8) is 0 Å². The van der Waals surface area contributed by atoms with Crippen LogP contribution in [0, 0.1) is 0 Å². The highest BCUT2D eigenvalue weighted by Crippen LogP contribution is 2.59. The molecule has 1 spiro atoms. The topological polar surface area (TPSA) is 13.1 Å². The van der Waals surface area contributed by atoms with Crippen molar-refractivity contribution in [3.05, 3.63) is 141 Å². The number of halogens is 1. The Bertz CT molecular complexity index is 1870. The fourth-order valence-electron chi connectivity index (χ4n) is 6.40. The predicted octanol–water partition coefficient (Wildman–Crippen LogP) is 9.20. The first-order chi connectivity index (χ1) is 17.2. The van der Waals surface area contributed by atoms with Crippen LogP contribution in [-0.2, 0) is 5.41 Å². The lowest BCUT2D eigenvalue weighted by molar-refractivity contribution is 0.668. The van der Waals surface area contributed by atoms with Gasteiger partial charge in [-0.3, -0.25) is 0 Å². The molecule has 0 fully saturated rings. The molecule has 2 aliphatic rings. The second-order valence-corrected chi connectivity index (χ2v) is 10.4. The lowest BCUT2D eigenvalue weighted by Crippen LogP contribution is -2.29. The van der Waals surface area contributed by atoms with Gasteiger partial charge in [-0.25, -0.2) is 0 Å². The summed E-state index contributed by atoms with van der Waals surface area (Å²) in [6.07, 6.45) is 4.53. The second kappa shape index (κ2) is 6.84. The second-order valence-electron chi connectivity index (χ2n) is 9.44. The maximum atomic E-state index is 6.33. The van der Waals surface area contributed by atoms with Gasteiger partial charge in [-0.1, -0.05) is 101 Å². The highest BCUT2D eigenvalue weighted by atomic mass is 79.9. The van der Waals surface area contributed by atoms with E-state index in [0.717, 1.165) is 21.0 Å². The van der Waals surface area contributed by atoms with Gasteiger partial charge in [-0.2, -0.15) is 0 Å². The van der Waals surface area contributed by atoms with Gasteiger partial charge < -0.3 is 4.42 Å². The quantitative estimate of drug-likeness (QED) is 0.198. The monoisotopic (exact) mass is 510 g/mol. The van der Waals surface area contributed by atoms with E-state index in [2.05, 4.69) is 125 Å². The Morgan fingerprint density at radius 3 is 2.20 bits per heavy atom. The average molecular weight is 511 g/mol. The molecule has 1 aromatic heterocycles. The zero-order chi connectivity index (χ0) is 23.1. The van der Waals surface area contributed by atoms with E-state index in [9.17, 15) is 0 Å². The van der Waals surface area contributed by atoms with Crippen LogP contribution in [0.4, 0.5) is 0 Å². The number of rotatable bonds is 0. The molecule has 0 saturated carbocycles. The first-order valence-electron chi connectivity index (χ1n) is 11.9. The van der Waals surface area contributed by atoms with Crippen LogP contribution in [0.1, 0.15) is 33.4 Å². The van der Waals surface area contributed by atoms with Crippen LogP contribution in [0.25, 0.3) is 45.2 Å². The fourth-order valence-corrected chi connectivity index (χ4v) is 6.78. The molecule has 2 aliphatic carbocycles. The third kappa shape index (κ3) is 2.42. The smallest absolute Gasteiger partial charge is 0.136 e. The Morgan fingerprint density at radius 1 is 0.514 bits per heavy atom. The van der Waals surface area contributed by atoms with E-state index in [-0.39, 0.29) is 0 Å². The third-order valence-corrected chi connectivity index (χ3v) is 8.26. The Kier molecular flexibility index (Phi) is 3.80. The number of benzene rings is 5. The van der Waals surface area contributed by atoms with Crippen molar-refractivity contribution in [1.82, 2.24) is 0 Å². The molecule has 5 aromatic carbocycles. The van der Waals surface area contributed by atoms with Gasteiger partial charge in [0.1, 0.15) is 11.2 Å². The molecule has 0 N–H and O–H groups in total. The molecule has 1 atom stereocenters. The van der Waals surface area contributed by atoms with Crippen molar-refractivity contribution >= 4 is 50.0 Å². The van der Waals surface area contributed by atoms with E-state index < -0.39 is 5.41 Å². The third-order valence-electron chi connectivity index (χ3n) is 7.77. The van der Waals surface area contributed by atoms with E-state index in [0.29, 0.717) is 0 Å². The molecule has 8 rings (SSSR count). The lowest BCUT2D eigenvalue weighted by Gasteiger charge is -2.35. The molecule has 1 nitrogen and oxygen atoms in total. The van der Waals surface area contributed by atoms with Crippen molar-refractivity contribution in [2.75, 3.05) is 0 Å². The first kappa shape index (κ1) is 19.4. The number of hydrogen-bond acceptors (Lipinski definition) is 1. The minimum atomic E-state index is -0.422. The molecule has 0 bridgehead atoms. The van der Waals surface area contributed by atoms with Crippen LogP contribution in [0.15, 0.2) is 112 Å². The molecule has 164 valence electrons. The lowest BCUT2D eigenvalue weighted by atomic mass is 9.66. The summed E-state index contributed by atoms with van der Waals surface area (Å²) in [7, 11) is 0. The minimum Gasteiger partial charge on any atom is -0.456 e. The Balaban J connectivity index is 1.62. The zero-order valence-electron chi connectivity index (χ0n) is 18.8. The average Bonchev–Trinajstić information content (AvgIpc) is 3.34. The molecule has 1 heterocycles. The maximum absolute atomic E-state index is 6.33. The molecule has 35 heavy (non-hydrogen) atoms. The molecule has 0 aliphatic heterocycles. The van der Waals surface area contributed by atoms with Crippen LogP contribution >= 0.6 is 15.9 Å². The van der Waals surface area contributed by atoms with Crippen LogP contribution in [0.2, 0.25) is 0 Å². The summed E-state index contributed by atoms with van der Waals surface area (Å²) in [6, 6.07) is 37.5. The first-order valence-corrected chi connectivity index (χ1v) is 12.7. The number of fused-ring (bicyclic) bond motifs is 12. The largest absolute Gasteiger partial charge is 0.456 e. The number of para-hydroxylation sites is 1. The van der Waals surface area contributed by atoms with Crippen LogP contribution < -0.4 is 0 Å². The van der Waals surface area contributed by atoms with E-state index in [1.165, 1.54) is 49.9 Å². The van der Waals surface area contributed by atoms with Gasteiger partial charge in [-0.05, 0) is 74.8 Å². The summed E-state index contributed by atoms with van der Waals surface area (Å²) in [5.41, 5.74) is 11.7. The summed E-state index contributed by atoms with van der Waals surface area (Å²) in [5.74, 6) is 0. The number of hydrogen-bond donors (Lipinski definition) is 0. The molecule has 0 amide bonds. The molecule has 0 radical (unpaired) electrons. The molecule has 1 unspecified atom stereocenters.